The Morgan fingerprint density at radius 2 is 2.19 bits per heavy atom. The Balaban J connectivity index is 2.30. The van der Waals surface area contributed by atoms with Gasteiger partial charge in [-0.05, 0) is 55.2 Å². The van der Waals surface area contributed by atoms with Gasteiger partial charge in [-0.2, -0.15) is 0 Å². The number of aryl methyl sites for hydroxylation is 1. The van der Waals surface area contributed by atoms with E-state index < -0.39 is 0 Å². The normalized spacial score (nSPS) is 17.4. The van der Waals surface area contributed by atoms with Crippen molar-refractivity contribution in [2.24, 2.45) is 5.92 Å². The molecule has 1 saturated carbocycles. The number of nitrogens with two attached hydrogens (primary N) is 1. The summed E-state index contributed by atoms with van der Waals surface area (Å²) in [5.41, 5.74) is 6.80. The van der Waals surface area contributed by atoms with Crippen LogP contribution in [0.3, 0.4) is 0 Å². The Morgan fingerprint density at radius 1 is 1.50 bits per heavy atom. The SMILES string of the molecule is CCOC(c1nc(C)c(I)c(N)n1)C1CC1. The Bertz CT molecular complexity index is 370. The van der Waals surface area contributed by atoms with Gasteiger partial charge in [0, 0.05) is 6.61 Å². The third-order valence-corrected chi connectivity index (χ3v) is 4.04. The Hall–Kier alpha value is -0.430. The van der Waals surface area contributed by atoms with Crippen LogP contribution in [0.15, 0.2) is 0 Å². The van der Waals surface area contributed by atoms with Gasteiger partial charge >= 0.3 is 0 Å². The number of aromatic nitrogens is 2. The van der Waals surface area contributed by atoms with Crippen molar-refractivity contribution in [2.75, 3.05) is 12.3 Å². The predicted molar refractivity (Wildman–Crippen MR) is 71.0 cm³/mol. The minimum Gasteiger partial charge on any atom is -0.383 e. The molecule has 5 heteroatoms. The zero-order valence-electron chi connectivity index (χ0n) is 9.53. The number of nitrogens with zero attached hydrogens (tertiary/aromatic N) is 2. The summed E-state index contributed by atoms with van der Waals surface area (Å²) in [5.74, 6) is 1.90. The molecule has 1 aliphatic carbocycles. The van der Waals surface area contributed by atoms with Crippen molar-refractivity contribution in [3.8, 4) is 0 Å². The molecule has 1 aromatic rings. The van der Waals surface area contributed by atoms with Crippen molar-refractivity contribution >= 4 is 28.4 Å². The van der Waals surface area contributed by atoms with E-state index in [1.807, 2.05) is 13.8 Å². The smallest absolute Gasteiger partial charge is 0.160 e. The van der Waals surface area contributed by atoms with Crippen molar-refractivity contribution < 1.29 is 4.74 Å². The van der Waals surface area contributed by atoms with E-state index in [0.29, 0.717) is 18.3 Å². The molecule has 0 aliphatic heterocycles. The van der Waals surface area contributed by atoms with Gasteiger partial charge in [0.25, 0.3) is 0 Å². The van der Waals surface area contributed by atoms with E-state index in [1.54, 1.807) is 0 Å². The highest BCUT2D eigenvalue weighted by atomic mass is 127. The van der Waals surface area contributed by atoms with Crippen LogP contribution < -0.4 is 5.73 Å². The molecule has 0 aromatic carbocycles. The Labute approximate surface area is 109 Å². The average molecular weight is 333 g/mol. The van der Waals surface area contributed by atoms with Gasteiger partial charge in [0.15, 0.2) is 5.82 Å². The maximum Gasteiger partial charge on any atom is 0.160 e. The number of halogens is 1. The first-order valence-electron chi connectivity index (χ1n) is 5.54. The molecule has 0 amide bonds. The van der Waals surface area contributed by atoms with Crippen LogP contribution in [0.4, 0.5) is 5.82 Å². The van der Waals surface area contributed by atoms with Crippen molar-refractivity contribution in [1.29, 1.82) is 0 Å². The lowest BCUT2D eigenvalue weighted by Gasteiger charge is -2.16. The summed E-state index contributed by atoms with van der Waals surface area (Å²) in [4.78, 5) is 8.84. The van der Waals surface area contributed by atoms with Crippen molar-refractivity contribution in [1.82, 2.24) is 9.97 Å². The highest BCUT2D eigenvalue weighted by Gasteiger charge is 2.35. The van der Waals surface area contributed by atoms with Crippen LogP contribution >= 0.6 is 22.6 Å². The largest absolute Gasteiger partial charge is 0.383 e. The molecule has 4 nitrogen and oxygen atoms in total. The van der Waals surface area contributed by atoms with E-state index in [1.165, 1.54) is 12.8 Å². The monoisotopic (exact) mass is 333 g/mol. The second-order valence-electron chi connectivity index (χ2n) is 4.08. The van der Waals surface area contributed by atoms with Gasteiger partial charge in [-0.1, -0.05) is 0 Å². The summed E-state index contributed by atoms with van der Waals surface area (Å²) in [6, 6.07) is 0. The third kappa shape index (κ3) is 2.45. The number of hydrogen-bond donors (Lipinski definition) is 1. The fourth-order valence-corrected chi connectivity index (χ4v) is 1.97. The molecule has 88 valence electrons. The molecule has 1 aliphatic rings. The maximum absolute atomic E-state index is 5.86. The molecule has 2 rings (SSSR count). The molecule has 1 heterocycles. The minimum absolute atomic E-state index is 0.0306. The van der Waals surface area contributed by atoms with E-state index in [4.69, 9.17) is 10.5 Å². The van der Waals surface area contributed by atoms with Crippen molar-refractivity contribution in [3.05, 3.63) is 15.1 Å². The van der Waals surface area contributed by atoms with E-state index in [2.05, 4.69) is 32.6 Å². The standard InChI is InChI=1S/C11H16IN3O/c1-3-16-9(7-4-5-7)11-14-6(2)8(12)10(13)15-11/h7,9H,3-5H2,1-2H3,(H2,13,14,15). The number of rotatable bonds is 4. The average Bonchev–Trinajstić information content (AvgIpc) is 3.05. The van der Waals surface area contributed by atoms with Crippen LogP contribution in [0.25, 0.3) is 0 Å². The molecule has 1 atom stereocenters. The lowest BCUT2D eigenvalue weighted by Crippen LogP contribution is -2.14. The van der Waals surface area contributed by atoms with Crippen LogP contribution in [-0.2, 0) is 4.74 Å². The maximum atomic E-state index is 5.86. The molecule has 2 N–H and O–H groups in total. The first-order chi connectivity index (χ1) is 7.63. The molecule has 1 aromatic heterocycles. The number of ether oxygens (including phenoxy) is 1. The first kappa shape index (κ1) is 12.0. The fraction of sp³-hybridized carbons (Fsp3) is 0.636. The molecular formula is C11H16IN3O. The summed E-state index contributed by atoms with van der Waals surface area (Å²) in [6.07, 6.45) is 2.45. The van der Waals surface area contributed by atoms with E-state index >= 15 is 0 Å². The van der Waals surface area contributed by atoms with Crippen LogP contribution in [0.1, 0.15) is 37.4 Å². The van der Waals surface area contributed by atoms with Gasteiger partial charge in [0.1, 0.15) is 11.9 Å². The molecule has 0 radical (unpaired) electrons. The molecule has 1 fully saturated rings. The van der Waals surface area contributed by atoms with Gasteiger partial charge in [-0.3, -0.25) is 0 Å². The summed E-state index contributed by atoms with van der Waals surface area (Å²) in [6.45, 7) is 4.65. The van der Waals surface area contributed by atoms with Gasteiger partial charge in [-0.15, -0.1) is 0 Å². The van der Waals surface area contributed by atoms with Gasteiger partial charge in [0.2, 0.25) is 0 Å². The van der Waals surface area contributed by atoms with Gasteiger partial charge < -0.3 is 10.5 Å². The summed E-state index contributed by atoms with van der Waals surface area (Å²) < 4.78 is 6.66. The number of nitrogen functional groups attached to an aromatic ring is 1. The van der Waals surface area contributed by atoms with Crippen LogP contribution in [-0.4, -0.2) is 16.6 Å². The summed E-state index contributed by atoms with van der Waals surface area (Å²) in [7, 11) is 0. The van der Waals surface area contributed by atoms with E-state index in [0.717, 1.165) is 15.1 Å². The predicted octanol–water partition coefficient (Wildman–Crippen LogP) is 2.46. The van der Waals surface area contributed by atoms with Gasteiger partial charge in [0.05, 0.1) is 9.26 Å². The van der Waals surface area contributed by atoms with Gasteiger partial charge in [-0.25, -0.2) is 9.97 Å². The number of anilines is 1. The van der Waals surface area contributed by atoms with E-state index in [-0.39, 0.29) is 6.10 Å². The second kappa shape index (κ2) is 4.83. The highest BCUT2D eigenvalue weighted by molar-refractivity contribution is 14.1. The topological polar surface area (TPSA) is 61.0 Å². The molecule has 16 heavy (non-hydrogen) atoms. The Kier molecular flexibility index (Phi) is 3.63. The van der Waals surface area contributed by atoms with E-state index in [9.17, 15) is 0 Å². The lowest BCUT2D eigenvalue weighted by molar-refractivity contribution is 0.0400. The third-order valence-electron chi connectivity index (χ3n) is 2.71. The first-order valence-corrected chi connectivity index (χ1v) is 6.62. The molecular weight excluding hydrogens is 317 g/mol. The van der Waals surface area contributed by atoms with Crippen molar-refractivity contribution in [2.45, 2.75) is 32.8 Å². The molecule has 0 spiro atoms. The minimum atomic E-state index is 0.0306. The van der Waals surface area contributed by atoms with Crippen molar-refractivity contribution in [3.63, 3.8) is 0 Å². The van der Waals surface area contributed by atoms with Crippen LogP contribution in [0.2, 0.25) is 0 Å². The summed E-state index contributed by atoms with van der Waals surface area (Å²) in [5, 5.41) is 0. The quantitative estimate of drug-likeness (QED) is 0.860. The molecule has 0 bridgehead atoms. The second-order valence-corrected chi connectivity index (χ2v) is 5.16. The summed E-state index contributed by atoms with van der Waals surface area (Å²) >= 11 is 2.17. The molecule has 1 unspecified atom stereocenters. The zero-order valence-corrected chi connectivity index (χ0v) is 11.7. The van der Waals surface area contributed by atoms with Crippen LogP contribution in [0.5, 0.6) is 0 Å². The Morgan fingerprint density at radius 3 is 2.69 bits per heavy atom. The fourth-order valence-electron chi connectivity index (χ4n) is 1.73. The lowest BCUT2D eigenvalue weighted by atomic mass is 10.2. The highest BCUT2D eigenvalue weighted by Crippen LogP contribution is 2.42. The zero-order chi connectivity index (χ0) is 11.7. The van der Waals surface area contributed by atoms with Crippen LogP contribution in [0, 0.1) is 16.4 Å². The molecule has 0 saturated heterocycles. The number of hydrogen-bond acceptors (Lipinski definition) is 4.